The van der Waals surface area contributed by atoms with Gasteiger partial charge in [-0.05, 0) is 18.6 Å². The van der Waals surface area contributed by atoms with Crippen molar-refractivity contribution in [2.75, 3.05) is 7.11 Å². The summed E-state index contributed by atoms with van der Waals surface area (Å²) in [5.41, 5.74) is 0.878. The summed E-state index contributed by atoms with van der Waals surface area (Å²) in [6.45, 7) is 0.612. The predicted molar refractivity (Wildman–Crippen MR) is 94.7 cm³/mol. The van der Waals surface area contributed by atoms with E-state index in [9.17, 15) is 4.79 Å². The molecule has 1 fully saturated rings. The summed E-state index contributed by atoms with van der Waals surface area (Å²) in [6.07, 6.45) is 7.26. The lowest BCUT2D eigenvalue weighted by Crippen LogP contribution is -2.44. The maximum absolute atomic E-state index is 12.1. The fraction of sp³-hybridized carbons (Fsp3) is 0.389. The summed E-state index contributed by atoms with van der Waals surface area (Å²) in [7, 11) is 1.45. The van der Waals surface area contributed by atoms with Crippen LogP contribution in [0.1, 0.15) is 12.1 Å². The van der Waals surface area contributed by atoms with Crippen LogP contribution in [-0.4, -0.2) is 45.1 Å². The third-order valence-electron chi connectivity index (χ3n) is 4.76. The number of rotatable bonds is 6. The van der Waals surface area contributed by atoms with Crippen LogP contribution in [0.4, 0.5) is 0 Å². The van der Waals surface area contributed by atoms with Gasteiger partial charge in [-0.2, -0.15) is 0 Å². The van der Waals surface area contributed by atoms with Gasteiger partial charge in [0.1, 0.15) is 6.04 Å². The number of methoxy groups -OCH3 is 1. The molecule has 2 aliphatic rings. The summed E-state index contributed by atoms with van der Waals surface area (Å²) in [5.74, 6) is 0.800. The average Bonchev–Trinajstić information content (AvgIpc) is 3.37. The highest BCUT2D eigenvalue weighted by Gasteiger charge is 2.47. The molecule has 0 spiro atoms. The van der Waals surface area contributed by atoms with Crippen LogP contribution in [0.15, 0.2) is 53.6 Å². The standard InChI is InChI=1S/C18H20N4O2S/c1-24-18(23)17-13-7-8-15(9-13)22(17)11-14-10-21(20-19-14)12-25-16-5-3-2-4-6-16/h2-8,10,13,15,17H,9,11-12H2,1H3/t13-,15+,17-/m1/s1. The monoisotopic (exact) mass is 356 g/mol. The van der Waals surface area contributed by atoms with Crippen molar-refractivity contribution in [1.29, 1.82) is 0 Å². The molecule has 1 aliphatic carbocycles. The van der Waals surface area contributed by atoms with Crippen LogP contribution < -0.4 is 0 Å². The molecule has 2 heterocycles. The van der Waals surface area contributed by atoms with E-state index in [2.05, 4.69) is 39.5 Å². The molecule has 130 valence electrons. The van der Waals surface area contributed by atoms with E-state index in [-0.39, 0.29) is 24.0 Å². The van der Waals surface area contributed by atoms with Gasteiger partial charge in [-0.15, -0.1) is 16.9 Å². The van der Waals surface area contributed by atoms with Crippen molar-refractivity contribution in [2.45, 2.75) is 35.8 Å². The van der Waals surface area contributed by atoms with Crippen LogP contribution in [0.3, 0.4) is 0 Å². The first kappa shape index (κ1) is 16.4. The van der Waals surface area contributed by atoms with Gasteiger partial charge in [-0.25, -0.2) is 4.68 Å². The van der Waals surface area contributed by atoms with E-state index < -0.39 is 0 Å². The molecule has 25 heavy (non-hydrogen) atoms. The molecule has 0 saturated carbocycles. The lowest BCUT2D eigenvalue weighted by atomic mass is 10.0. The Balaban J connectivity index is 1.40. The fourth-order valence-corrected chi connectivity index (χ4v) is 4.36. The second kappa shape index (κ2) is 7.01. The average molecular weight is 356 g/mol. The van der Waals surface area contributed by atoms with Crippen molar-refractivity contribution < 1.29 is 9.53 Å². The van der Waals surface area contributed by atoms with Gasteiger partial charge in [-0.1, -0.05) is 35.6 Å². The highest BCUT2D eigenvalue weighted by molar-refractivity contribution is 7.98. The number of esters is 1. The van der Waals surface area contributed by atoms with Gasteiger partial charge >= 0.3 is 5.97 Å². The first-order valence-corrected chi connectivity index (χ1v) is 9.32. The molecule has 1 saturated heterocycles. The molecule has 0 radical (unpaired) electrons. The Morgan fingerprint density at radius 2 is 2.16 bits per heavy atom. The molecule has 0 unspecified atom stereocenters. The number of hydrogen-bond donors (Lipinski definition) is 0. The Morgan fingerprint density at radius 3 is 2.96 bits per heavy atom. The second-order valence-electron chi connectivity index (χ2n) is 6.33. The van der Waals surface area contributed by atoms with E-state index >= 15 is 0 Å². The molecule has 3 atom stereocenters. The van der Waals surface area contributed by atoms with Crippen molar-refractivity contribution in [3.8, 4) is 0 Å². The number of carbonyl (C=O) groups excluding carboxylic acids is 1. The summed E-state index contributed by atoms with van der Waals surface area (Å²) < 4.78 is 6.83. The van der Waals surface area contributed by atoms with E-state index in [4.69, 9.17) is 4.74 Å². The third kappa shape index (κ3) is 3.34. The van der Waals surface area contributed by atoms with Crippen LogP contribution >= 0.6 is 11.8 Å². The van der Waals surface area contributed by atoms with Gasteiger partial charge in [-0.3, -0.25) is 9.69 Å². The number of hydrogen-bond acceptors (Lipinski definition) is 6. The summed E-state index contributed by atoms with van der Waals surface area (Å²) in [6, 6.07) is 10.3. The highest BCUT2D eigenvalue weighted by Crippen LogP contribution is 2.38. The predicted octanol–water partition coefficient (Wildman–Crippen LogP) is 2.33. The minimum absolute atomic E-state index is 0.163. The molecule has 1 aliphatic heterocycles. The zero-order chi connectivity index (χ0) is 17.2. The zero-order valence-electron chi connectivity index (χ0n) is 14.0. The minimum Gasteiger partial charge on any atom is -0.468 e. The first-order chi connectivity index (χ1) is 12.2. The first-order valence-electron chi connectivity index (χ1n) is 8.33. The topological polar surface area (TPSA) is 60.2 Å². The normalized spacial score (nSPS) is 24.8. The van der Waals surface area contributed by atoms with Crippen molar-refractivity contribution in [3.63, 3.8) is 0 Å². The quantitative estimate of drug-likeness (QED) is 0.450. The molecule has 1 aromatic heterocycles. The lowest BCUT2D eigenvalue weighted by Gasteiger charge is -2.29. The van der Waals surface area contributed by atoms with Crippen molar-refractivity contribution in [3.05, 3.63) is 54.4 Å². The number of fused-ring (bicyclic) bond motifs is 2. The summed E-state index contributed by atoms with van der Waals surface area (Å²) in [4.78, 5) is 15.5. The number of thioether (sulfide) groups is 1. The molecule has 0 N–H and O–H groups in total. The van der Waals surface area contributed by atoms with Gasteiger partial charge < -0.3 is 4.74 Å². The number of ether oxygens (including phenoxy) is 1. The fourth-order valence-electron chi connectivity index (χ4n) is 3.60. The second-order valence-corrected chi connectivity index (χ2v) is 7.35. The van der Waals surface area contributed by atoms with Gasteiger partial charge in [0.15, 0.2) is 0 Å². The van der Waals surface area contributed by atoms with Crippen molar-refractivity contribution >= 4 is 17.7 Å². The Labute approximate surface area is 150 Å². The number of nitrogens with zero attached hydrogens (tertiary/aromatic N) is 4. The Bertz CT molecular complexity index is 776. The van der Waals surface area contributed by atoms with Crippen LogP contribution in [0.25, 0.3) is 0 Å². The van der Waals surface area contributed by atoms with Crippen molar-refractivity contribution in [1.82, 2.24) is 19.9 Å². The number of likely N-dealkylation sites (tertiary alicyclic amines) is 1. The van der Waals surface area contributed by atoms with Crippen LogP contribution in [0.5, 0.6) is 0 Å². The van der Waals surface area contributed by atoms with E-state index in [1.54, 1.807) is 11.8 Å². The maximum atomic E-state index is 12.1. The van der Waals surface area contributed by atoms with E-state index in [1.807, 2.05) is 29.1 Å². The van der Waals surface area contributed by atoms with Gasteiger partial charge in [0, 0.05) is 23.4 Å². The van der Waals surface area contributed by atoms with E-state index in [1.165, 1.54) is 12.0 Å². The molecule has 7 heteroatoms. The third-order valence-corrected chi connectivity index (χ3v) is 5.76. The summed E-state index contributed by atoms with van der Waals surface area (Å²) in [5, 5.41) is 8.49. The van der Waals surface area contributed by atoms with Crippen molar-refractivity contribution in [2.24, 2.45) is 5.92 Å². The smallest absolute Gasteiger partial charge is 0.323 e. The Morgan fingerprint density at radius 1 is 1.32 bits per heavy atom. The zero-order valence-corrected chi connectivity index (χ0v) is 14.8. The molecule has 2 aromatic rings. The van der Waals surface area contributed by atoms with Gasteiger partial charge in [0.2, 0.25) is 0 Å². The van der Waals surface area contributed by atoms with Crippen LogP contribution in [0.2, 0.25) is 0 Å². The van der Waals surface area contributed by atoms with Crippen LogP contribution in [0, 0.1) is 5.92 Å². The molecule has 6 nitrogen and oxygen atoms in total. The van der Waals surface area contributed by atoms with Crippen LogP contribution in [-0.2, 0) is 22.0 Å². The molecule has 1 aromatic carbocycles. The molecular weight excluding hydrogens is 336 g/mol. The number of benzene rings is 1. The highest BCUT2D eigenvalue weighted by atomic mass is 32.2. The molecule has 0 amide bonds. The van der Waals surface area contributed by atoms with Gasteiger partial charge in [0.25, 0.3) is 0 Å². The lowest BCUT2D eigenvalue weighted by molar-refractivity contribution is -0.147. The number of carbonyl (C=O) groups is 1. The van der Waals surface area contributed by atoms with E-state index in [0.717, 1.165) is 12.1 Å². The minimum atomic E-state index is -0.205. The Kier molecular flexibility index (Phi) is 4.59. The largest absolute Gasteiger partial charge is 0.468 e. The Hall–Kier alpha value is -2.12. The molecular formula is C18H20N4O2S. The van der Waals surface area contributed by atoms with E-state index in [0.29, 0.717) is 12.4 Å². The molecule has 2 bridgehead atoms. The molecule has 4 rings (SSSR count). The SMILES string of the molecule is COC(=O)[C@H]1[C@@H]2C=C[C@@H](C2)N1Cc1cn(CSc2ccccc2)nn1. The maximum Gasteiger partial charge on any atom is 0.323 e. The van der Waals surface area contributed by atoms with Gasteiger partial charge in [0.05, 0.1) is 24.9 Å². The summed E-state index contributed by atoms with van der Waals surface area (Å²) >= 11 is 1.71. The number of aromatic nitrogens is 3.